The molecule has 0 bridgehead atoms. The SMILES string of the molecule is C=C(C)/C(C#N)=C(\C1=C(C)CC(C)(C)CC1=O)c1cccnc1. The Morgan fingerprint density at radius 3 is 2.57 bits per heavy atom. The van der Waals surface area contributed by atoms with Gasteiger partial charge in [0, 0.05) is 35.5 Å². The van der Waals surface area contributed by atoms with Gasteiger partial charge in [-0.15, -0.1) is 0 Å². The molecule has 0 radical (unpaired) electrons. The molecule has 0 unspecified atom stereocenters. The number of ketones is 1. The fourth-order valence-electron chi connectivity index (χ4n) is 3.27. The third-order valence-corrected chi connectivity index (χ3v) is 4.08. The quantitative estimate of drug-likeness (QED) is 0.604. The molecule has 0 saturated carbocycles. The standard InChI is InChI=1S/C20H22N2O/c1-13(2)16(11-21)19(15-7-6-8-22-12-15)18-14(3)9-20(4,5)10-17(18)23/h6-8,12H,1,9-10H2,2-5H3/b19-16-. The third-order valence-electron chi connectivity index (χ3n) is 4.08. The number of pyridine rings is 1. The summed E-state index contributed by atoms with van der Waals surface area (Å²) in [6.07, 6.45) is 4.70. The van der Waals surface area contributed by atoms with Crippen molar-refractivity contribution in [1.29, 1.82) is 5.26 Å². The van der Waals surface area contributed by atoms with Gasteiger partial charge in [-0.1, -0.05) is 32.1 Å². The molecule has 118 valence electrons. The van der Waals surface area contributed by atoms with Gasteiger partial charge < -0.3 is 0 Å². The Labute approximate surface area is 138 Å². The van der Waals surface area contributed by atoms with Crippen LogP contribution in [-0.2, 0) is 4.79 Å². The van der Waals surface area contributed by atoms with E-state index in [1.54, 1.807) is 19.3 Å². The number of rotatable bonds is 3. The lowest BCUT2D eigenvalue weighted by molar-refractivity contribution is -0.117. The molecule has 3 nitrogen and oxygen atoms in total. The summed E-state index contributed by atoms with van der Waals surface area (Å²) < 4.78 is 0. The molecule has 0 aromatic carbocycles. The van der Waals surface area contributed by atoms with Crippen LogP contribution in [0.1, 0.15) is 46.1 Å². The first-order valence-corrected chi connectivity index (χ1v) is 7.71. The van der Waals surface area contributed by atoms with Gasteiger partial charge in [0.2, 0.25) is 0 Å². The van der Waals surface area contributed by atoms with Gasteiger partial charge in [0.1, 0.15) is 6.07 Å². The Balaban J connectivity index is 2.78. The molecule has 2 rings (SSSR count). The lowest BCUT2D eigenvalue weighted by Crippen LogP contribution is -2.26. The highest BCUT2D eigenvalue weighted by molar-refractivity contribution is 6.13. The predicted octanol–water partition coefficient (Wildman–Crippen LogP) is 4.64. The van der Waals surface area contributed by atoms with Crippen LogP contribution in [0.2, 0.25) is 0 Å². The number of nitrogens with zero attached hydrogens (tertiary/aromatic N) is 2. The Morgan fingerprint density at radius 2 is 2.09 bits per heavy atom. The molecular formula is C20H22N2O. The molecule has 0 atom stereocenters. The van der Waals surface area contributed by atoms with Crippen molar-refractivity contribution < 1.29 is 4.79 Å². The Morgan fingerprint density at radius 1 is 1.39 bits per heavy atom. The maximum absolute atomic E-state index is 12.8. The van der Waals surface area contributed by atoms with Crippen molar-refractivity contribution in [2.24, 2.45) is 5.41 Å². The van der Waals surface area contributed by atoms with Crippen LogP contribution in [0.25, 0.3) is 5.57 Å². The third kappa shape index (κ3) is 3.48. The topological polar surface area (TPSA) is 53.8 Å². The van der Waals surface area contributed by atoms with E-state index in [2.05, 4.69) is 31.5 Å². The molecule has 1 heterocycles. The number of Topliss-reactive ketones (excluding diaryl/α,β-unsaturated/α-hetero) is 1. The van der Waals surface area contributed by atoms with Gasteiger partial charge in [-0.3, -0.25) is 9.78 Å². The van der Waals surface area contributed by atoms with Crippen LogP contribution in [0, 0.1) is 16.7 Å². The average molecular weight is 306 g/mol. The van der Waals surface area contributed by atoms with Gasteiger partial charge in [0.25, 0.3) is 0 Å². The zero-order valence-corrected chi connectivity index (χ0v) is 14.2. The smallest absolute Gasteiger partial charge is 0.164 e. The van der Waals surface area contributed by atoms with E-state index >= 15 is 0 Å². The first-order valence-electron chi connectivity index (χ1n) is 7.71. The minimum atomic E-state index is -0.0409. The second-order valence-electron chi connectivity index (χ2n) is 6.98. The van der Waals surface area contributed by atoms with Crippen LogP contribution in [-0.4, -0.2) is 10.8 Å². The molecule has 0 fully saturated rings. The molecule has 0 amide bonds. The van der Waals surface area contributed by atoms with E-state index in [0.29, 0.717) is 28.7 Å². The highest BCUT2D eigenvalue weighted by Crippen LogP contribution is 2.42. The van der Waals surface area contributed by atoms with Gasteiger partial charge in [-0.25, -0.2) is 0 Å². The number of hydrogen-bond donors (Lipinski definition) is 0. The van der Waals surface area contributed by atoms with E-state index in [-0.39, 0.29) is 11.2 Å². The molecule has 0 N–H and O–H groups in total. The van der Waals surface area contributed by atoms with Crippen LogP contribution < -0.4 is 0 Å². The molecule has 23 heavy (non-hydrogen) atoms. The van der Waals surface area contributed by atoms with Gasteiger partial charge in [-0.05, 0) is 37.3 Å². The predicted molar refractivity (Wildman–Crippen MR) is 92.3 cm³/mol. The van der Waals surface area contributed by atoms with Crippen molar-refractivity contribution in [3.8, 4) is 6.07 Å². The number of carbonyl (C=O) groups is 1. The monoisotopic (exact) mass is 306 g/mol. The second-order valence-corrected chi connectivity index (χ2v) is 6.98. The molecule has 0 spiro atoms. The normalized spacial score (nSPS) is 18.3. The summed E-state index contributed by atoms with van der Waals surface area (Å²) in [5.74, 6) is 0.0894. The second kappa shape index (κ2) is 6.34. The summed E-state index contributed by atoms with van der Waals surface area (Å²) in [7, 11) is 0. The van der Waals surface area contributed by atoms with Gasteiger partial charge >= 0.3 is 0 Å². The van der Waals surface area contributed by atoms with Crippen molar-refractivity contribution in [3.05, 3.63) is 59.0 Å². The molecule has 3 heteroatoms. The highest BCUT2D eigenvalue weighted by atomic mass is 16.1. The van der Waals surface area contributed by atoms with Crippen molar-refractivity contribution in [2.45, 2.75) is 40.5 Å². The van der Waals surface area contributed by atoms with Gasteiger partial charge in [0.15, 0.2) is 5.78 Å². The summed E-state index contributed by atoms with van der Waals surface area (Å²) in [6.45, 7) is 11.9. The maximum atomic E-state index is 12.8. The Bertz CT molecular complexity index is 759. The lowest BCUT2D eigenvalue weighted by Gasteiger charge is -2.32. The number of allylic oxidation sites excluding steroid dienone is 5. The highest BCUT2D eigenvalue weighted by Gasteiger charge is 2.34. The number of carbonyl (C=O) groups excluding carboxylic acids is 1. The van der Waals surface area contributed by atoms with Gasteiger partial charge in [0.05, 0.1) is 5.57 Å². The Hall–Kier alpha value is -2.47. The van der Waals surface area contributed by atoms with Crippen molar-refractivity contribution in [1.82, 2.24) is 4.98 Å². The van der Waals surface area contributed by atoms with Gasteiger partial charge in [-0.2, -0.15) is 5.26 Å². The Kier molecular flexibility index (Phi) is 4.65. The van der Waals surface area contributed by atoms with Crippen LogP contribution in [0.3, 0.4) is 0 Å². The zero-order valence-electron chi connectivity index (χ0n) is 14.2. The fourth-order valence-corrected chi connectivity index (χ4v) is 3.27. The number of hydrogen-bond acceptors (Lipinski definition) is 3. The summed E-state index contributed by atoms with van der Waals surface area (Å²) in [4.78, 5) is 17.0. The first-order chi connectivity index (χ1) is 10.8. The molecule has 1 aromatic rings. The molecule has 1 aromatic heterocycles. The van der Waals surface area contributed by atoms with Crippen molar-refractivity contribution in [3.63, 3.8) is 0 Å². The molecule has 1 aliphatic rings. The van der Waals surface area contributed by atoms with E-state index < -0.39 is 0 Å². The summed E-state index contributed by atoms with van der Waals surface area (Å²) in [6, 6.07) is 5.93. The van der Waals surface area contributed by atoms with E-state index in [9.17, 15) is 10.1 Å². The number of aromatic nitrogens is 1. The summed E-state index contributed by atoms with van der Waals surface area (Å²) >= 11 is 0. The van der Waals surface area contributed by atoms with Crippen molar-refractivity contribution >= 4 is 11.4 Å². The van der Waals surface area contributed by atoms with E-state index in [0.717, 1.165) is 17.6 Å². The summed E-state index contributed by atoms with van der Waals surface area (Å²) in [5, 5.41) is 9.61. The maximum Gasteiger partial charge on any atom is 0.164 e. The van der Waals surface area contributed by atoms with Crippen LogP contribution >= 0.6 is 0 Å². The zero-order chi connectivity index (χ0) is 17.2. The molecule has 0 saturated heterocycles. The molecule has 1 aliphatic carbocycles. The number of nitriles is 1. The van der Waals surface area contributed by atoms with Crippen molar-refractivity contribution in [2.75, 3.05) is 0 Å². The van der Waals surface area contributed by atoms with Crippen LogP contribution in [0.4, 0.5) is 0 Å². The summed E-state index contributed by atoms with van der Waals surface area (Å²) in [5.41, 5.74) is 4.22. The lowest BCUT2D eigenvalue weighted by atomic mass is 9.71. The van der Waals surface area contributed by atoms with E-state index in [4.69, 9.17) is 0 Å². The minimum absolute atomic E-state index is 0.0409. The van der Waals surface area contributed by atoms with Crippen LogP contribution in [0.15, 0.2) is 53.4 Å². The largest absolute Gasteiger partial charge is 0.294 e. The van der Waals surface area contributed by atoms with E-state index in [1.165, 1.54) is 0 Å². The molecule has 0 aliphatic heterocycles. The fraction of sp³-hybridized carbons (Fsp3) is 0.350. The first kappa shape index (κ1) is 16.9. The minimum Gasteiger partial charge on any atom is -0.294 e. The average Bonchev–Trinajstić information content (AvgIpc) is 2.45. The van der Waals surface area contributed by atoms with Crippen LogP contribution in [0.5, 0.6) is 0 Å². The van der Waals surface area contributed by atoms with E-state index in [1.807, 2.05) is 19.1 Å². The molecular weight excluding hydrogens is 284 g/mol.